The Hall–Kier alpha value is -5.52. The topological polar surface area (TPSA) is 46.2 Å². The summed E-state index contributed by atoms with van der Waals surface area (Å²) >= 11 is 0. The molecule has 2 atom stereocenters. The lowest BCUT2D eigenvalue weighted by atomic mass is 9.74. The molecule has 0 radical (unpaired) electrons. The summed E-state index contributed by atoms with van der Waals surface area (Å²) in [5.41, 5.74) is 3.15. The van der Waals surface area contributed by atoms with Crippen molar-refractivity contribution >= 4 is 0 Å². The van der Waals surface area contributed by atoms with Gasteiger partial charge in [-0.1, -0.05) is 113 Å². The van der Waals surface area contributed by atoms with Crippen LogP contribution in [0, 0.1) is 0 Å². The van der Waals surface area contributed by atoms with Crippen molar-refractivity contribution in [1.82, 2.24) is 0 Å². The molecule has 0 fully saturated rings. The number of para-hydroxylation sites is 2. The number of rotatable bonds is 16. The Morgan fingerprint density at radius 2 is 0.695 bits per heavy atom. The Labute approximate surface area is 353 Å². The normalized spacial score (nSPS) is 13.3. The second-order valence-electron chi connectivity index (χ2n) is 18.6. The van der Waals surface area contributed by atoms with E-state index in [9.17, 15) is 0 Å². The summed E-state index contributed by atoms with van der Waals surface area (Å²) < 4.78 is 32.8. The van der Waals surface area contributed by atoms with Gasteiger partial charge in [-0.05, 0) is 149 Å². The van der Waals surface area contributed by atoms with Gasteiger partial charge >= 0.3 is 0 Å². The third-order valence-electron chi connectivity index (χ3n) is 10.6. The van der Waals surface area contributed by atoms with Gasteiger partial charge < -0.3 is 23.7 Å². The number of hydrogen-bond donors (Lipinski definition) is 0. The van der Waals surface area contributed by atoms with Crippen molar-refractivity contribution in [1.29, 1.82) is 0 Å². The van der Waals surface area contributed by atoms with Crippen LogP contribution in [0.5, 0.6) is 34.5 Å². The Morgan fingerprint density at radius 1 is 0.356 bits per heavy atom. The average Bonchev–Trinajstić information content (AvgIpc) is 3.17. The zero-order valence-corrected chi connectivity index (χ0v) is 36.6. The van der Waals surface area contributed by atoms with Crippen LogP contribution in [0.1, 0.15) is 91.5 Å². The van der Waals surface area contributed by atoms with E-state index in [4.69, 9.17) is 23.7 Å². The summed E-state index contributed by atoms with van der Waals surface area (Å²) in [6.45, 7) is 21.6. The average molecular weight is 791 g/mol. The smallest absolute Gasteiger partial charge is 0.127 e. The molecule has 308 valence electrons. The highest BCUT2D eigenvalue weighted by Crippen LogP contribution is 2.40. The maximum Gasteiger partial charge on any atom is 0.127 e. The fraction of sp³-hybridized carbons (Fsp3) is 0.333. The van der Waals surface area contributed by atoms with Crippen LogP contribution in [0.15, 0.2) is 158 Å². The second kappa shape index (κ2) is 18.2. The summed E-state index contributed by atoms with van der Waals surface area (Å²) in [5.74, 6) is 4.87. The molecule has 0 spiro atoms. The molecule has 6 rings (SSSR count). The fourth-order valence-electron chi connectivity index (χ4n) is 7.28. The summed E-state index contributed by atoms with van der Waals surface area (Å²) in [6, 6.07) is 53.7. The Kier molecular flexibility index (Phi) is 13.3. The Bertz CT molecular complexity index is 2050. The summed E-state index contributed by atoms with van der Waals surface area (Å²) in [4.78, 5) is 0. The van der Waals surface area contributed by atoms with Crippen LogP contribution in [0.2, 0.25) is 0 Å². The monoisotopic (exact) mass is 790 g/mol. The summed E-state index contributed by atoms with van der Waals surface area (Å²) in [5, 5.41) is 0. The van der Waals surface area contributed by atoms with Gasteiger partial charge in [0.15, 0.2) is 0 Å². The van der Waals surface area contributed by atoms with E-state index >= 15 is 0 Å². The van der Waals surface area contributed by atoms with E-state index in [1.54, 1.807) is 0 Å². The van der Waals surface area contributed by atoms with E-state index < -0.39 is 10.8 Å². The Balaban J connectivity index is 1.39. The molecule has 0 bridgehead atoms. The fourth-order valence-corrected chi connectivity index (χ4v) is 7.28. The van der Waals surface area contributed by atoms with Crippen molar-refractivity contribution in [3.8, 4) is 34.5 Å². The first-order chi connectivity index (χ1) is 27.9. The molecule has 5 nitrogen and oxygen atoms in total. The Morgan fingerprint density at radius 3 is 1.03 bits per heavy atom. The molecule has 0 amide bonds. The van der Waals surface area contributed by atoms with E-state index in [-0.39, 0.29) is 23.4 Å². The van der Waals surface area contributed by atoms with E-state index in [0.29, 0.717) is 12.8 Å². The van der Waals surface area contributed by atoms with Crippen LogP contribution in [0.25, 0.3) is 0 Å². The van der Waals surface area contributed by atoms with Gasteiger partial charge in [-0.15, -0.1) is 0 Å². The van der Waals surface area contributed by atoms with Gasteiger partial charge in [0.1, 0.15) is 45.7 Å². The molecule has 0 saturated carbocycles. The van der Waals surface area contributed by atoms with Gasteiger partial charge in [0.2, 0.25) is 0 Å². The predicted octanol–water partition coefficient (Wildman–Crippen LogP) is 14.1. The third-order valence-corrected chi connectivity index (χ3v) is 10.6. The lowest BCUT2D eigenvalue weighted by Crippen LogP contribution is -2.46. The maximum absolute atomic E-state index is 7.69. The third kappa shape index (κ3) is 12.3. The van der Waals surface area contributed by atoms with Gasteiger partial charge in [0.05, 0.1) is 12.2 Å². The zero-order valence-electron chi connectivity index (χ0n) is 36.6. The molecule has 0 heterocycles. The molecule has 59 heavy (non-hydrogen) atoms. The molecule has 0 aliphatic rings. The first-order valence-electron chi connectivity index (χ1n) is 20.8. The minimum Gasteiger partial charge on any atom is -0.488 e. The molecule has 0 saturated heterocycles. The van der Waals surface area contributed by atoms with Gasteiger partial charge in [0.25, 0.3) is 0 Å². The molecule has 0 aliphatic carbocycles. The van der Waals surface area contributed by atoms with Gasteiger partial charge in [-0.25, -0.2) is 0 Å². The predicted molar refractivity (Wildman–Crippen MR) is 242 cm³/mol. The SMILES string of the molecule is CC(C)(C)Oc1ccc(C(C)(C)C(Cc2cccc(Oc3ccccc3)c2)OC(Cc2cccc(Oc3ccccc3)c2)C(C)(C)c2ccc(OC(C)(C)C)cc2)cc1. The highest BCUT2D eigenvalue weighted by Gasteiger charge is 2.40. The van der Waals surface area contributed by atoms with Crippen molar-refractivity contribution in [2.45, 2.75) is 116 Å². The highest BCUT2D eigenvalue weighted by molar-refractivity contribution is 5.39. The van der Waals surface area contributed by atoms with Crippen molar-refractivity contribution in [2.75, 3.05) is 0 Å². The van der Waals surface area contributed by atoms with Crippen LogP contribution >= 0.6 is 0 Å². The highest BCUT2D eigenvalue weighted by atomic mass is 16.5. The molecule has 2 unspecified atom stereocenters. The van der Waals surface area contributed by atoms with E-state index in [1.165, 1.54) is 11.1 Å². The van der Waals surface area contributed by atoms with E-state index in [2.05, 4.69) is 154 Å². The molecule has 5 heteroatoms. The zero-order chi connectivity index (χ0) is 42.3. The van der Waals surface area contributed by atoms with Crippen molar-refractivity contribution in [3.63, 3.8) is 0 Å². The van der Waals surface area contributed by atoms with Crippen LogP contribution in [0.4, 0.5) is 0 Å². The number of hydrogen-bond acceptors (Lipinski definition) is 5. The molecular weight excluding hydrogens is 729 g/mol. The number of benzene rings is 6. The molecule has 0 N–H and O–H groups in total. The minimum atomic E-state index is -0.423. The quantitative estimate of drug-likeness (QED) is 0.0977. The van der Waals surface area contributed by atoms with E-state index in [0.717, 1.165) is 45.6 Å². The summed E-state index contributed by atoms with van der Waals surface area (Å²) in [6.07, 6.45) is 0.809. The van der Waals surface area contributed by atoms with Gasteiger partial charge in [0, 0.05) is 10.8 Å². The molecule has 6 aromatic carbocycles. The summed E-state index contributed by atoms with van der Waals surface area (Å²) in [7, 11) is 0. The lowest BCUT2D eigenvalue weighted by molar-refractivity contribution is -0.0753. The number of ether oxygens (including phenoxy) is 5. The van der Waals surface area contributed by atoms with Gasteiger partial charge in [-0.2, -0.15) is 0 Å². The largest absolute Gasteiger partial charge is 0.488 e. The first-order valence-corrected chi connectivity index (χ1v) is 20.8. The standard InChI is InChI=1S/C54H62O5/c1-51(2,3)58-45-31-27-41(28-32-45)53(7,8)49(37-39-19-17-25-47(35-39)55-43-21-13-11-14-22-43)57-50(54(9,10)42-29-33-46(34-30-42)59-52(4,5)6)38-40-20-18-26-48(36-40)56-44-23-15-12-16-24-44/h11-36,49-50H,37-38H2,1-10H3. The van der Waals surface area contributed by atoms with Crippen LogP contribution < -0.4 is 18.9 Å². The maximum atomic E-state index is 7.69. The molecule has 0 aromatic heterocycles. The van der Waals surface area contributed by atoms with E-state index in [1.807, 2.05) is 72.8 Å². The van der Waals surface area contributed by atoms with Crippen molar-refractivity contribution in [3.05, 3.63) is 180 Å². The van der Waals surface area contributed by atoms with Crippen LogP contribution in [0.3, 0.4) is 0 Å². The minimum absolute atomic E-state index is 0.250. The van der Waals surface area contributed by atoms with Gasteiger partial charge in [-0.3, -0.25) is 0 Å². The van der Waals surface area contributed by atoms with Crippen molar-refractivity contribution < 1.29 is 23.7 Å². The lowest BCUT2D eigenvalue weighted by Gasteiger charge is -2.43. The van der Waals surface area contributed by atoms with Crippen LogP contribution in [-0.2, 0) is 28.4 Å². The molecular formula is C54H62O5. The second-order valence-corrected chi connectivity index (χ2v) is 18.6. The van der Waals surface area contributed by atoms with Crippen LogP contribution in [-0.4, -0.2) is 23.4 Å². The first kappa shape index (κ1) is 43.1. The molecule has 0 aliphatic heterocycles. The molecule has 6 aromatic rings. The van der Waals surface area contributed by atoms with Crippen molar-refractivity contribution in [2.24, 2.45) is 0 Å².